The van der Waals surface area contributed by atoms with Crippen molar-refractivity contribution < 1.29 is 0 Å². The van der Waals surface area contributed by atoms with Crippen molar-refractivity contribution in [2.45, 2.75) is 5.08 Å². The largest absolute Gasteiger partial charge is 0.334 e. The second-order valence-corrected chi connectivity index (χ2v) is 2.60. The molecule has 0 spiro atoms. The van der Waals surface area contributed by atoms with Gasteiger partial charge in [0.1, 0.15) is 6.34 Å². The maximum Gasteiger partial charge on any atom is 0.175 e. The topological polar surface area (TPSA) is 18.8 Å². The van der Waals surface area contributed by atoms with Crippen LogP contribution in [0.1, 0.15) is 0 Å². The summed E-state index contributed by atoms with van der Waals surface area (Å²) < 4.78 is 0. The Balaban J connectivity index is 2.55. The molecule has 4 heteroatoms. The quantitative estimate of drug-likeness (QED) is 0.397. The number of hydrogen-bond acceptors (Lipinski definition) is 3. The van der Waals surface area contributed by atoms with Crippen LogP contribution < -0.4 is 0 Å². The van der Waals surface area contributed by atoms with Gasteiger partial charge in [-0.25, -0.2) is 0 Å². The van der Waals surface area contributed by atoms with E-state index in [4.69, 9.17) is 0 Å². The fraction of sp³-hybridized carbons (Fsp3) is 0.750. The van der Waals surface area contributed by atoms with Gasteiger partial charge in [0.15, 0.2) is 5.08 Å². The number of halogens is 1. The molecule has 8 heavy (non-hydrogen) atoms. The van der Waals surface area contributed by atoms with Crippen LogP contribution in [0.15, 0.2) is 5.10 Å². The van der Waals surface area contributed by atoms with Gasteiger partial charge in [-0.1, -0.05) is 0 Å². The van der Waals surface area contributed by atoms with E-state index in [-0.39, 0.29) is 5.08 Å². The summed E-state index contributed by atoms with van der Waals surface area (Å²) in [6.07, 6.45) is 1.78. The number of alkyl halides is 1. The average Bonchev–Trinajstić information content (AvgIpc) is 1.98. The van der Waals surface area contributed by atoms with Gasteiger partial charge in [-0.15, -0.1) is 0 Å². The third-order valence-electron chi connectivity index (χ3n) is 1.06. The Morgan fingerprint density at radius 3 is 2.38 bits per heavy atom. The van der Waals surface area contributed by atoms with Gasteiger partial charge in [-0.3, -0.25) is 5.01 Å². The van der Waals surface area contributed by atoms with E-state index in [9.17, 15) is 0 Å². The molecular formula is C4H8BrN3. The first-order valence-corrected chi connectivity index (χ1v) is 3.26. The lowest BCUT2D eigenvalue weighted by molar-refractivity contribution is 0.276. The minimum absolute atomic E-state index is 0.238. The van der Waals surface area contributed by atoms with Crippen molar-refractivity contribution in [3.63, 3.8) is 0 Å². The minimum atomic E-state index is 0.238. The zero-order valence-electron chi connectivity index (χ0n) is 4.87. The minimum Gasteiger partial charge on any atom is -0.334 e. The molecule has 0 aromatic rings. The molecule has 0 amide bonds. The molecule has 1 aliphatic rings. The van der Waals surface area contributed by atoms with Crippen LogP contribution >= 0.6 is 15.9 Å². The maximum atomic E-state index is 3.99. The molecule has 1 heterocycles. The van der Waals surface area contributed by atoms with Gasteiger partial charge in [0.2, 0.25) is 0 Å². The smallest absolute Gasteiger partial charge is 0.175 e. The third kappa shape index (κ3) is 0.798. The van der Waals surface area contributed by atoms with Gasteiger partial charge in [0.25, 0.3) is 0 Å². The van der Waals surface area contributed by atoms with E-state index >= 15 is 0 Å². The van der Waals surface area contributed by atoms with Crippen LogP contribution in [0.25, 0.3) is 0 Å². The molecule has 0 saturated carbocycles. The highest BCUT2D eigenvalue weighted by Crippen LogP contribution is 2.12. The van der Waals surface area contributed by atoms with Crippen LogP contribution in [0, 0.1) is 0 Å². The van der Waals surface area contributed by atoms with E-state index in [0.717, 1.165) is 0 Å². The summed E-state index contributed by atoms with van der Waals surface area (Å²) in [5.74, 6) is 0. The molecular weight excluding hydrogens is 170 g/mol. The van der Waals surface area contributed by atoms with Crippen molar-refractivity contribution in [3.8, 4) is 0 Å². The molecule has 0 bridgehead atoms. The van der Waals surface area contributed by atoms with Crippen molar-refractivity contribution in [1.82, 2.24) is 9.91 Å². The molecule has 1 unspecified atom stereocenters. The normalized spacial score (nSPS) is 27.6. The van der Waals surface area contributed by atoms with Gasteiger partial charge in [-0.2, -0.15) is 5.10 Å². The first kappa shape index (κ1) is 5.88. The van der Waals surface area contributed by atoms with E-state index in [0.29, 0.717) is 0 Å². The zero-order chi connectivity index (χ0) is 6.15. The number of rotatable bonds is 0. The fourth-order valence-electron chi connectivity index (χ4n) is 0.537. The van der Waals surface area contributed by atoms with E-state index in [1.807, 2.05) is 24.0 Å². The maximum absolute atomic E-state index is 3.99. The third-order valence-corrected chi connectivity index (χ3v) is 2.30. The van der Waals surface area contributed by atoms with E-state index in [1.54, 1.807) is 6.34 Å². The second-order valence-electron chi connectivity index (χ2n) is 1.78. The SMILES string of the molecule is CN1C=NN(C)C1Br. The Kier molecular flexibility index (Phi) is 1.42. The number of hydrogen-bond donors (Lipinski definition) is 0. The highest BCUT2D eigenvalue weighted by Gasteiger charge is 2.16. The Hall–Kier alpha value is -0.250. The molecule has 0 radical (unpaired) electrons. The van der Waals surface area contributed by atoms with Crippen LogP contribution in [-0.2, 0) is 0 Å². The van der Waals surface area contributed by atoms with Crippen LogP contribution in [0.5, 0.6) is 0 Å². The highest BCUT2D eigenvalue weighted by atomic mass is 79.9. The molecule has 1 aliphatic heterocycles. The van der Waals surface area contributed by atoms with Crippen LogP contribution in [0.4, 0.5) is 0 Å². The van der Waals surface area contributed by atoms with Crippen LogP contribution in [-0.4, -0.2) is 35.4 Å². The predicted octanol–water partition coefficient (Wildman–Crippen LogP) is 0.485. The summed E-state index contributed by atoms with van der Waals surface area (Å²) in [7, 11) is 3.88. The first-order chi connectivity index (χ1) is 3.72. The summed E-state index contributed by atoms with van der Waals surface area (Å²) in [5.41, 5.74) is 0. The lowest BCUT2D eigenvalue weighted by atomic mass is 10.9. The van der Waals surface area contributed by atoms with Crippen LogP contribution in [0.2, 0.25) is 0 Å². The van der Waals surface area contributed by atoms with Gasteiger partial charge in [0, 0.05) is 14.1 Å². The van der Waals surface area contributed by atoms with E-state index in [2.05, 4.69) is 21.0 Å². The molecule has 3 nitrogen and oxygen atoms in total. The average molecular weight is 178 g/mol. The first-order valence-electron chi connectivity index (χ1n) is 2.35. The highest BCUT2D eigenvalue weighted by molar-refractivity contribution is 9.09. The van der Waals surface area contributed by atoms with Gasteiger partial charge in [-0.05, 0) is 15.9 Å². The van der Waals surface area contributed by atoms with Crippen molar-refractivity contribution in [3.05, 3.63) is 0 Å². The van der Waals surface area contributed by atoms with E-state index in [1.165, 1.54) is 0 Å². The standard InChI is InChI=1S/C4H8BrN3/c1-7-3-6-8(2)4(7)5/h3-4H,1-2H3. The molecule has 0 N–H and O–H groups in total. The molecule has 46 valence electrons. The summed E-state index contributed by atoms with van der Waals surface area (Å²) in [6.45, 7) is 0. The van der Waals surface area contributed by atoms with Crippen LogP contribution in [0.3, 0.4) is 0 Å². The molecule has 0 aromatic carbocycles. The monoisotopic (exact) mass is 177 g/mol. The van der Waals surface area contributed by atoms with Gasteiger partial charge < -0.3 is 4.90 Å². The molecule has 1 atom stereocenters. The molecule has 1 rings (SSSR count). The summed E-state index contributed by atoms with van der Waals surface area (Å²) in [5, 5.41) is 6.06. The van der Waals surface area contributed by atoms with Crippen molar-refractivity contribution in [1.29, 1.82) is 0 Å². The summed E-state index contributed by atoms with van der Waals surface area (Å²) >= 11 is 3.40. The second kappa shape index (κ2) is 1.93. The van der Waals surface area contributed by atoms with Crippen molar-refractivity contribution in [2.24, 2.45) is 5.10 Å². The summed E-state index contributed by atoms with van der Waals surface area (Å²) in [4.78, 5) is 1.97. The Morgan fingerprint density at radius 2 is 2.25 bits per heavy atom. The molecule has 0 saturated heterocycles. The number of nitrogens with zero attached hydrogens (tertiary/aromatic N) is 3. The Labute approximate surface area is 57.1 Å². The molecule has 0 fully saturated rings. The van der Waals surface area contributed by atoms with E-state index < -0.39 is 0 Å². The molecule has 0 aliphatic carbocycles. The lowest BCUT2D eigenvalue weighted by Gasteiger charge is -2.17. The Morgan fingerprint density at radius 1 is 1.62 bits per heavy atom. The summed E-state index contributed by atoms with van der Waals surface area (Å²) in [6, 6.07) is 0. The van der Waals surface area contributed by atoms with Gasteiger partial charge in [0.05, 0.1) is 0 Å². The lowest BCUT2D eigenvalue weighted by Crippen LogP contribution is -2.28. The van der Waals surface area contributed by atoms with Gasteiger partial charge >= 0.3 is 0 Å². The molecule has 0 aromatic heterocycles. The van der Waals surface area contributed by atoms with Crippen molar-refractivity contribution in [2.75, 3.05) is 14.1 Å². The van der Waals surface area contributed by atoms with Crippen molar-refractivity contribution >= 4 is 22.3 Å². The Bertz CT molecular complexity index is 102. The number of hydrazone groups is 1. The predicted molar refractivity (Wildman–Crippen MR) is 36.7 cm³/mol. The zero-order valence-corrected chi connectivity index (χ0v) is 6.46. The fourth-order valence-corrected chi connectivity index (χ4v) is 0.748.